The van der Waals surface area contributed by atoms with Gasteiger partial charge in [0.25, 0.3) is 5.92 Å². The molecule has 1 rings (SSSR count). The zero-order valence-corrected chi connectivity index (χ0v) is 7.51. The van der Waals surface area contributed by atoms with Crippen molar-refractivity contribution in [3.8, 4) is 0 Å². The van der Waals surface area contributed by atoms with Gasteiger partial charge in [0.2, 0.25) is 5.91 Å². The Kier molecular flexibility index (Phi) is 2.82. The maximum atomic E-state index is 12.8. The quantitative estimate of drug-likeness (QED) is 0.673. The number of nitrogens with one attached hydrogen (secondary N) is 1. The molecule has 76 valence electrons. The number of likely N-dealkylation sites (N-methyl/N-ethyl adjacent to an activating group) is 1. The highest BCUT2D eigenvalue weighted by atomic mass is 19.3. The number of hydrogen-bond donors (Lipinski definition) is 1. The SMILES string of the molecule is CNC(=O)[C@@H]1CC(F)(F)CN1OC. The summed E-state index contributed by atoms with van der Waals surface area (Å²) in [6.45, 7) is -0.526. The summed E-state index contributed by atoms with van der Waals surface area (Å²) in [4.78, 5) is 15.8. The van der Waals surface area contributed by atoms with Gasteiger partial charge in [0.1, 0.15) is 6.04 Å². The lowest BCUT2D eigenvalue weighted by Crippen LogP contribution is -2.41. The van der Waals surface area contributed by atoms with Crippen molar-refractivity contribution in [3.05, 3.63) is 0 Å². The van der Waals surface area contributed by atoms with Crippen molar-refractivity contribution in [2.45, 2.75) is 18.4 Å². The number of carbonyl (C=O) groups is 1. The highest BCUT2D eigenvalue weighted by molar-refractivity contribution is 5.81. The van der Waals surface area contributed by atoms with Crippen LogP contribution < -0.4 is 5.32 Å². The van der Waals surface area contributed by atoms with E-state index in [0.717, 1.165) is 5.06 Å². The summed E-state index contributed by atoms with van der Waals surface area (Å²) in [6, 6.07) is -0.884. The number of amides is 1. The van der Waals surface area contributed by atoms with Gasteiger partial charge in [-0.25, -0.2) is 8.78 Å². The molecule has 1 aliphatic heterocycles. The second-order valence-electron chi connectivity index (χ2n) is 2.95. The Labute approximate surface area is 74.8 Å². The van der Waals surface area contributed by atoms with Crippen LogP contribution in [0.4, 0.5) is 8.78 Å². The molecule has 0 bridgehead atoms. The number of halogens is 2. The first-order valence-electron chi connectivity index (χ1n) is 3.90. The molecule has 0 aliphatic carbocycles. The normalized spacial score (nSPS) is 27.5. The first kappa shape index (κ1) is 10.3. The number of carbonyl (C=O) groups excluding carboxylic acids is 1. The number of alkyl halides is 2. The minimum absolute atomic E-state index is 0.445. The zero-order chi connectivity index (χ0) is 10.1. The van der Waals surface area contributed by atoms with E-state index in [1.165, 1.54) is 14.2 Å². The molecule has 0 saturated carbocycles. The Morgan fingerprint density at radius 3 is 2.77 bits per heavy atom. The van der Waals surface area contributed by atoms with Gasteiger partial charge in [-0.2, -0.15) is 5.06 Å². The molecule has 4 nitrogen and oxygen atoms in total. The molecule has 1 saturated heterocycles. The predicted octanol–water partition coefficient (Wildman–Crippen LogP) is 0.00340. The summed E-state index contributed by atoms with van der Waals surface area (Å²) >= 11 is 0. The molecule has 1 aliphatic rings. The zero-order valence-electron chi connectivity index (χ0n) is 7.51. The van der Waals surface area contributed by atoms with E-state index in [4.69, 9.17) is 0 Å². The molecule has 0 unspecified atom stereocenters. The van der Waals surface area contributed by atoms with Crippen molar-refractivity contribution in [2.24, 2.45) is 0 Å². The van der Waals surface area contributed by atoms with Crippen LogP contribution in [0.5, 0.6) is 0 Å². The fraction of sp³-hybridized carbons (Fsp3) is 0.857. The summed E-state index contributed by atoms with van der Waals surface area (Å²) in [5.74, 6) is -3.29. The third-order valence-electron chi connectivity index (χ3n) is 2.01. The number of nitrogens with zero attached hydrogens (tertiary/aromatic N) is 1. The summed E-state index contributed by atoms with van der Waals surface area (Å²) < 4.78 is 25.7. The molecule has 1 fully saturated rings. The van der Waals surface area contributed by atoms with Gasteiger partial charge in [-0.15, -0.1) is 0 Å². The molecule has 1 atom stereocenters. The summed E-state index contributed by atoms with van der Waals surface area (Å²) in [5, 5.41) is 3.31. The Hall–Kier alpha value is -0.750. The maximum Gasteiger partial charge on any atom is 0.265 e. The number of hydroxylamine groups is 2. The molecule has 1 heterocycles. The summed E-state index contributed by atoms with van der Waals surface area (Å²) in [7, 11) is 2.68. The third kappa shape index (κ3) is 2.13. The highest BCUT2D eigenvalue weighted by Gasteiger charge is 2.48. The molecule has 13 heavy (non-hydrogen) atoms. The fourth-order valence-corrected chi connectivity index (χ4v) is 1.37. The van der Waals surface area contributed by atoms with E-state index in [2.05, 4.69) is 10.2 Å². The van der Waals surface area contributed by atoms with Crippen LogP contribution in [0.1, 0.15) is 6.42 Å². The molecule has 0 aromatic heterocycles. The van der Waals surface area contributed by atoms with E-state index in [1.54, 1.807) is 0 Å². The molecule has 0 spiro atoms. The highest BCUT2D eigenvalue weighted by Crippen LogP contribution is 2.31. The van der Waals surface area contributed by atoms with Gasteiger partial charge in [-0.1, -0.05) is 0 Å². The van der Waals surface area contributed by atoms with Crippen LogP contribution in [0, 0.1) is 0 Å². The van der Waals surface area contributed by atoms with E-state index < -0.39 is 30.8 Å². The molecule has 1 N–H and O–H groups in total. The number of rotatable bonds is 2. The minimum atomic E-state index is -2.84. The topological polar surface area (TPSA) is 41.6 Å². The van der Waals surface area contributed by atoms with Gasteiger partial charge in [-0.05, 0) is 0 Å². The van der Waals surface area contributed by atoms with Crippen LogP contribution in [-0.2, 0) is 9.63 Å². The summed E-state index contributed by atoms with van der Waals surface area (Å²) in [6.07, 6.45) is -0.486. The van der Waals surface area contributed by atoms with Crippen LogP contribution >= 0.6 is 0 Å². The predicted molar refractivity (Wildman–Crippen MR) is 41.1 cm³/mol. The average molecular weight is 194 g/mol. The van der Waals surface area contributed by atoms with E-state index in [1.807, 2.05) is 0 Å². The monoisotopic (exact) mass is 194 g/mol. The van der Waals surface area contributed by atoms with Crippen molar-refractivity contribution in [2.75, 3.05) is 20.7 Å². The lowest BCUT2D eigenvalue weighted by Gasteiger charge is -2.18. The van der Waals surface area contributed by atoms with Crippen molar-refractivity contribution >= 4 is 5.91 Å². The maximum absolute atomic E-state index is 12.8. The minimum Gasteiger partial charge on any atom is -0.358 e. The first-order chi connectivity index (χ1) is 6.00. The van der Waals surface area contributed by atoms with Crippen LogP contribution in [0.2, 0.25) is 0 Å². The molecule has 0 radical (unpaired) electrons. The third-order valence-corrected chi connectivity index (χ3v) is 2.01. The fourth-order valence-electron chi connectivity index (χ4n) is 1.37. The molecule has 0 aromatic rings. The first-order valence-corrected chi connectivity index (χ1v) is 3.90. The second kappa shape index (κ2) is 3.55. The van der Waals surface area contributed by atoms with Crippen LogP contribution in [0.15, 0.2) is 0 Å². The van der Waals surface area contributed by atoms with E-state index in [9.17, 15) is 13.6 Å². The lowest BCUT2D eigenvalue weighted by atomic mass is 10.2. The second-order valence-corrected chi connectivity index (χ2v) is 2.95. The summed E-state index contributed by atoms with van der Waals surface area (Å²) in [5.41, 5.74) is 0. The van der Waals surface area contributed by atoms with Crippen molar-refractivity contribution in [3.63, 3.8) is 0 Å². The average Bonchev–Trinajstić information content (AvgIpc) is 2.39. The van der Waals surface area contributed by atoms with Gasteiger partial charge in [-0.3, -0.25) is 4.79 Å². The largest absolute Gasteiger partial charge is 0.358 e. The van der Waals surface area contributed by atoms with Crippen LogP contribution in [0.25, 0.3) is 0 Å². The van der Waals surface area contributed by atoms with Gasteiger partial charge < -0.3 is 10.2 Å². The Morgan fingerprint density at radius 1 is 1.69 bits per heavy atom. The smallest absolute Gasteiger partial charge is 0.265 e. The van der Waals surface area contributed by atoms with E-state index in [-0.39, 0.29) is 0 Å². The van der Waals surface area contributed by atoms with E-state index in [0.29, 0.717) is 0 Å². The standard InChI is InChI=1S/C7H12F2N2O2/c1-10-6(12)5-3-7(8,9)4-11(5)13-2/h5H,3-4H2,1-2H3,(H,10,12)/t5-/m0/s1. The van der Waals surface area contributed by atoms with Crippen molar-refractivity contribution in [1.82, 2.24) is 10.4 Å². The number of hydrogen-bond acceptors (Lipinski definition) is 3. The molecule has 6 heteroatoms. The molecular formula is C7H12F2N2O2. The Morgan fingerprint density at radius 2 is 2.31 bits per heavy atom. The van der Waals surface area contributed by atoms with Gasteiger partial charge in [0, 0.05) is 13.5 Å². The lowest BCUT2D eigenvalue weighted by molar-refractivity contribution is -0.165. The molecule has 0 aromatic carbocycles. The van der Waals surface area contributed by atoms with Gasteiger partial charge in [0.15, 0.2) is 0 Å². The van der Waals surface area contributed by atoms with Gasteiger partial charge in [0.05, 0.1) is 13.7 Å². The van der Waals surface area contributed by atoms with E-state index >= 15 is 0 Å². The van der Waals surface area contributed by atoms with Crippen molar-refractivity contribution in [1.29, 1.82) is 0 Å². The molecule has 1 amide bonds. The Bertz CT molecular complexity index is 211. The Balaban J connectivity index is 2.69. The van der Waals surface area contributed by atoms with Gasteiger partial charge >= 0.3 is 0 Å². The molecular weight excluding hydrogens is 182 g/mol. The van der Waals surface area contributed by atoms with Crippen molar-refractivity contribution < 1.29 is 18.4 Å². The van der Waals surface area contributed by atoms with Crippen LogP contribution in [-0.4, -0.2) is 43.6 Å². The van der Waals surface area contributed by atoms with Crippen LogP contribution in [0.3, 0.4) is 0 Å².